The summed E-state index contributed by atoms with van der Waals surface area (Å²) in [5, 5.41) is 2.95. The maximum absolute atomic E-state index is 12.8. The Bertz CT molecular complexity index is 902. The van der Waals surface area contributed by atoms with Crippen LogP contribution < -0.4 is 5.32 Å². The van der Waals surface area contributed by atoms with Gasteiger partial charge in [-0.05, 0) is 42.0 Å². The van der Waals surface area contributed by atoms with Crippen molar-refractivity contribution in [3.63, 3.8) is 0 Å². The Morgan fingerprint density at radius 2 is 2.04 bits per heavy atom. The van der Waals surface area contributed by atoms with Crippen molar-refractivity contribution in [2.75, 3.05) is 13.1 Å². The van der Waals surface area contributed by atoms with Crippen molar-refractivity contribution in [1.29, 1.82) is 0 Å². The number of benzene rings is 1. The first-order valence-electron chi connectivity index (χ1n) is 8.73. The van der Waals surface area contributed by atoms with E-state index in [9.17, 15) is 13.2 Å². The van der Waals surface area contributed by atoms with Crippen LogP contribution in [-0.4, -0.2) is 36.7 Å². The van der Waals surface area contributed by atoms with Crippen LogP contribution in [-0.2, 0) is 21.4 Å². The monoisotopic (exact) mass is 371 g/mol. The van der Waals surface area contributed by atoms with E-state index in [1.807, 2.05) is 12.1 Å². The van der Waals surface area contributed by atoms with Crippen molar-refractivity contribution in [2.24, 2.45) is 11.3 Å². The number of aromatic nitrogens is 1. The van der Waals surface area contributed by atoms with Gasteiger partial charge in [0.15, 0.2) is 0 Å². The molecule has 2 fully saturated rings. The van der Waals surface area contributed by atoms with Gasteiger partial charge in [0.25, 0.3) is 0 Å². The fraction of sp³-hybridized carbons (Fsp3) is 0.368. The fourth-order valence-corrected chi connectivity index (χ4v) is 5.35. The highest BCUT2D eigenvalue weighted by molar-refractivity contribution is 7.89. The number of pyridine rings is 1. The van der Waals surface area contributed by atoms with Gasteiger partial charge >= 0.3 is 0 Å². The largest absolute Gasteiger partial charge is 0.352 e. The topological polar surface area (TPSA) is 79.4 Å². The van der Waals surface area contributed by atoms with E-state index >= 15 is 0 Å². The van der Waals surface area contributed by atoms with E-state index < -0.39 is 10.0 Å². The van der Waals surface area contributed by atoms with Crippen molar-refractivity contribution in [1.82, 2.24) is 14.6 Å². The molecule has 1 aromatic carbocycles. The molecule has 1 N–H and O–H groups in total. The Kier molecular flexibility index (Phi) is 4.28. The first-order valence-corrected chi connectivity index (χ1v) is 10.2. The highest BCUT2D eigenvalue weighted by Gasteiger charge is 2.62. The van der Waals surface area contributed by atoms with E-state index in [0.29, 0.717) is 24.5 Å². The Labute approximate surface area is 153 Å². The molecule has 2 heterocycles. The minimum atomic E-state index is -3.48. The van der Waals surface area contributed by atoms with E-state index in [4.69, 9.17) is 0 Å². The average Bonchev–Trinajstić information content (AvgIpc) is 3.20. The summed E-state index contributed by atoms with van der Waals surface area (Å²) in [4.78, 5) is 16.8. The Hall–Kier alpha value is -2.25. The molecule has 2 unspecified atom stereocenters. The van der Waals surface area contributed by atoms with Gasteiger partial charge in [0, 0.05) is 37.9 Å². The third-order valence-corrected chi connectivity index (χ3v) is 7.29. The molecule has 4 rings (SSSR count). The molecule has 2 aliphatic rings. The average molecular weight is 371 g/mol. The van der Waals surface area contributed by atoms with Gasteiger partial charge in [-0.1, -0.05) is 24.3 Å². The van der Waals surface area contributed by atoms with Crippen LogP contribution in [0.15, 0.2) is 59.8 Å². The predicted molar refractivity (Wildman–Crippen MR) is 96.4 cm³/mol. The SMILES string of the molecule is O=C(NCc1cccnc1)C1CC12CCN(S(=O)(=O)c1ccccc1)C2. The van der Waals surface area contributed by atoms with E-state index in [-0.39, 0.29) is 17.2 Å². The fourth-order valence-electron chi connectivity index (χ4n) is 3.79. The molecule has 2 atom stereocenters. The maximum Gasteiger partial charge on any atom is 0.243 e. The molecular formula is C19H21N3O3S. The standard InChI is InChI=1S/C19H21N3O3S/c23-18(21-13-15-5-4-9-20-12-15)17-11-19(17)8-10-22(14-19)26(24,25)16-6-2-1-3-7-16/h1-7,9,12,17H,8,10-11,13-14H2,(H,21,23). The lowest BCUT2D eigenvalue weighted by Crippen LogP contribution is -2.31. The number of nitrogens with zero attached hydrogens (tertiary/aromatic N) is 2. The minimum absolute atomic E-state index is 0.00723. The number of hydrogen-bond donors (Lipinski definition) is 1. The maximum atomic E-state index is 12.8. The Morgan fingerprint density at radius 1 is 1.23 bits per heavy atom. The van der Waals surface area contributed by atoms with E-state index in [0.717, 1.165) is 18.4 Å². The molecular weight excluding hydrogens is 350 g/mol. The number of amides is 1. The van der Waals surface area contributed by atoms with Gasteiger partial charge in [0.05, 0.1) is 4.90 Å². The lowest BCUT2D eigenvalue weighted by molar-refractivity contribution is -0.123. The summed E-state index contributed by atoms with van der Waals surface area (Å²) in [5.74, 6) is -0.0945. The lowest BCUT2D eigenvalue weighted by Gasteiger charge is -2.16. The second-order valence-electron chi connectivity index (χ2n) is 7.10. The molecule has 1 aliphatic heterocycles. The van der Waals surface area contributed by atoms with E-state index in [2.05, 4.69) is 10.3 Å². The molecule has 1 amide bonds. The number of hydrogen-bond acceptors (Lipinski definition) is 4. The first-order chi connectivity index (χ1) is 12.5. The summed E-state index contributed by atoms with van der Waals surface area (Å²) in [7, 11) is -3.48. The summed E-state index contributed by atoms with van der Waals surface area (Å²) in [6.07, 6.45) is 4.92. The van der Waals surface area contributed by atoms with Crippen molar-refractivity contribution in [2.45, 2.75) is 24.3 Å². The smallest absolute Gasteiger partial charge is 0.243 e. The molecule has 1 aromatic heterocycles. The van der Waals surface area contributed by atoms with Crippen LogP contribution in [0.3, 0.4) is 0 Å². The zero-order valence-electron chi connectivity index (χ0n) is 14.3. The molecule has 0 bridgehead atoms. The first kappa shape index (κ1) is 17.2. The van der Waals surface area contributed by atoms with Crippen LogP contribution in [0.4, 0.5) is 0 Å². The molecule has 1 spiro atoms. The highest BCUT2D eigenvalue weighted by atomic mass is 32.2. The van der Waals surface area contributed by atoms with Crippen LogP contribution in [0.1, 0.15) is 18.4 Å². The van der Waals surface area contributed by atoms with Gasteiger partial charge in [-0.3, -0.25) is 9.78 Å². The molecule has 136 valence electrons. The minimum Gasteiger partial charge on any atom is -0.352 e. The predicted octanol–water partition coefficient (Wildman–Crippen LogP) is 1.80. The summed E-state index contributed by atoms with van der Waals surface area (Å²) in [6.45, 7) is 1.35. The van der Waals surface area contributed by atoms with Crippen LogP contribution in [0, 0.1) is 11.3 Å². The normalized spacial score (nSPS) is 25.3. The quantitative estimate of drug-likeness (QED) is 0.869. The van der Waals surface area contributed by atoms with Crippen LogP contribution in [0.2, 0.25) is 0 Å². The van der Waals surface area contributed by atoms with Crippen LogP contribution in [0.5, 0.6) is 0 Å². The summed E-state index contributed by atoms with van der Waals surface area (Å²) >= 11 is 0. The molecule has 1 saturated heterocycles. The second kappa shape index (κ2) is 6.48. The van der Waals surface area contributed by atoms with Crippen molar-refractivity contribution in [3.8, 4) is 0 Å². The Balaban J connectivity index is 1.38. The summed E-state index contributed by atoms with van der Waals surface area (Å²) < 4.78 is 27.0. The molecule has 1 saturated carbocycles. The number of carbonyl (C=O) groups excluding carboxylic acids is 1. The lowest BCUT2D eigenvalue weighted by atomic mass is 10.0. The van der Waals surface area contributed by atoms with Gasteiger partial charge in [-0.15, -0.1) is 0 Å². The van der Waals surface area contributed by atoms with Gasteiger partial charge in [-0.25, -0.2) is 8.42 Å². The van der Waals surface area contributed by atoms with Crippen LogP contribution in [0.25, 0.3) is 0 Å². The third-order valence-electron chi connectivity index (χ3n) is 5.43. The number of nitrogens with one attached hydrogen (secondary N) is 1. The molecule has 7 heteroatoms. The van der Waals surface area contributed by atoms with Crippen LogP contribution >= 0.6 is 0 Å². The third kappa shape index (κ3) is 3.12. The van der Waals surface area contributed by atoms with Crippen molar-refractivity contribution in [3.05, 3.63) is 60.4 Å². The van der Waals surface area contributed by atoms with E-state index in [1.165, 1.54) is 4.31 Å². The zero-order valence-corrected chi connectivity index (χ0v) is 15.2. The van der Waals surface area contributed by atoms with Crippen molar-refractivity contribution >= 4 is 15.9 Å². The summed E-state index contributed by atoms with van der Waals surface area (Å²) in [5.41, 5.74) is 0.760. The highest BCUT2D eigenvalue weighted by Crippen LogP contribution is 2.59. The van der Waals surface area contributed by atoms with Gasteiger partial charge in [-0.2, -0.15) is 4.31 Å². The van der Waals surface area contributed by atoms with Gasteiger partial charge in [0.2, 0.25) is 15.9 Å². The second-order valence-corrected chi connectivity index (χ2v) is 9.04. The van der Waals surface area contributed by atoms with E-state index in [1.54, 1.807) is 42.7 Å². The number of rotatable bonds is 5. The summed E-state index contributed by atoms with van der Waals surface area (Å²) in [6, 6.07) is 12.2. The zero-order chi connectivity index (χ0) is 18.2. The number of carbonyl (C=O) groups is 1. The van der Waals surface area contributed by atoms with Gasteiger partial charge < -0.3 is 5.32 Å². The molecule has 2 aromatic rings. The molecule has 0 radical (unpaired) electrons. The number of sulfonamides is 1. The van der Waals surface area contributed by atoms with Crippen molar-refractivity contribution < 1.29 is 13.2 Å². The molecule has 6 nitrogen and oxygen atoms in total. The Morgan fingerprint density at radius 3 is 2.77 bits per heavy atom. The molecule has 1 aliphatic carbocycles. The van der Waals surface area contributed by atoms with Gasteiger partial charge in [0.1, 0.15) is 0 Å². The molecule has 26 heavy (non-hydrogen) atoms.